The largest absolute Gasteiger partial charge is 0.385 e. The van der Waals surface area contributed by atoms with Crippen LogP contribution in [0.3, 0.4) is 0 Å². The van der Waals surface area contributed by atoms with Crippen molar-refractivity contribution in [2.45, 2.75) is 17.1 Å². The predicted molar refractivity (Wildman–Crippen MR) is 75.0 cm³/mol. The number of aryl methyl sites for hydroxylation is 1. The lowest BCUT2D eigenvalue weighted by molar-refractivity contribution is 0.234. The number of nitrogens with one attached hydrogen (secondary N) is 1. The van der Waals surface area contributed by atoms with Crippen LogP contribution < -0.4 is 5.32 Å². The first-order valence-electron chi connectivity index (χ1n) is 6.22. The molecule has 0 amide bonds. The molecule has 0 atom stereocenters. The topological polar surface area (TPSA) is 64.0 Å². The molecule has 0 bridgehead atoms. The summed E-state index contributed by atoms with van der Waals surface area (Å²) in [6.45, 7) is 0.625. The van der Waals surface area contributed by atoms with Crippen LogP contribution in [0.25, 0.3) is 0 Å². The number of nitrogens with zero attached hydrogens (tertiary/aromatic N) is 2. The Hall–Kier alpha value is -1.96. The third-order valence-electron chi connectivity index (χ3n) is 3.04. The minimum Gasteiger partial charge on any atom is -0.385 e. The monoisotopic (exact) mass is 315 g/mol. The molecule has 1 aromatic heterocycles. The summed E-state index contributed by atoms with van der Waals surface area (Å²) in [6.07, 6.45) is 4.22. The number of benzene rings is 1. The highest BCUT2D eigenvalue weighted by atomic mass is 32.2. The molecule has 0 unspecified atom stereocenters. The Kier molecular flexibility index (Phi) is 4.56. The molecule has 2 aromatic rings. The van der Waals surface area contributed by atoms with Crippen LogP contribution in [0.15, 0.2) is 41.7 Å². The van der Waals surface area contributed by atoms with Crippen LogP contribution in [0.1, 0.15) is 5.69 Å². The molecular formula is C13H15F2N3O2S. The molecule has 0 aliphatic carbocycles. The normalized spacial score (nSPS) is 11.8. The van der Waals surface area contributed by atoms with Gasteiger partial charge in [0.25, 0.3) is 0 Å². The van der Waals surface area contributed by atoms with Gasteiger partial charge in [-0.05, 0) is 24.3 Å². The molecule has 0 saturated carbocycles. The Morgan fingerprint density at radius 3 is 2.48 bits per heavy atom. The lowest BCUT2D eigenvalue weighted by Crippen LogP contribution is -2.11. The highest BCUT2D eigenvalue weighted by Gasteiger charge is 2.26. The van der Waals surface area contributed by atoms with Crippen LogP contribution in [0.2, 0.25) is 0 Å². The number of rotatable bonds is 6. The summed E-state index contributed by atoms with van der Waals surface area (Å²) in [5, 5.41) is 3.09. The molecule has 8 heteroatoms. The van der Waals surface area contributed by atoms with Gasteiger partial charge in [0.05, 0.1) is 11.2 Å². The Balaban J connectivity index is 1.96. The summed E-state index contributed by atoms with van der Waals surface area (Å²) in [7, 11) is -2.63. The summed E-state index contributed by atoms with van der Waals surface area (Å²) in [6, 6.07) is 5.29. The van der Waals surface area contributed by atoms with Crippen molar-refractivity contribution in [1.29, 1.82) is 0 Å². The van der Waals surface area contributed by atoms with Gasteiger partial charge < -0.3 is 9.88 Å². The molecule has 0 aliphatic rings. The van der Waals surface area contributed by atoms with Gasteiger partial charge in [0, 0.05) is 37.6 Å². The zero-order chi connectivity index (χ0) is 15.5. The van der Waals surface area contributed by atoms with E-state index in [9.17, 15) is 17.2 Å². The quantitative estimate of drug-likeness (QED) is 0.886. The Morgan fingerprint density at radius 2 is 1.95 bits per heavy atom. The molecule has 5 nitrogen and oxygen atoms in total. The second kappa shape index (κ2) is 6.21. The van der Waals surface area contributed by atoms with Crippen molar-refractivity contribution in [3.05, 3.63) is 42.5 Å². The number of halogens is 2. The first-order valence-corrected chi connectivity index (χ1v) is 7.77. The third kappa shape index (κ3) is 3.57. The summed E-state index contributed by atoms with van der Waals surface area (Å²) in [4.78, 5) is 3.62. The molecule has 0 radical (unpaired) electrons. The van der Waals surface area contributed by atoms with Crippen LogP contribution >= 0.6 is 0 Å². The second-order valence-electron chi connectivity index (χ2n) is 4.50. The number of hydrogen-bond donors (Lipinski definition) is 1. The van der Waals surface area contributed by atoms with Crippen LogP contribution in [-0.4, -0.2) is 30.3 Å². The van der Waals surface area contributed by atoms with Crippen LogP contribution in [0, 0.1) is 0 Å². The number of aromatic nitrogens is 2. The van der Waals surface area contributed by atoms with Crippen molar-refractivity contribution in [3.8, 4) is 0 Å². The maximum absolute atomic E-state index is 12.4. The number of sulfone groups is 1. The minimum atomic E-state index is -4.53. The molecule has 2 rings (SSSR count). The van der Waals surface area contributed by atoms with E-state index in [1.54, 1.807) is 12.5 Å². The van der Waals surface area contributed by atoms with E-state index in [1.165, 1.54) is 24.3 Å². The maximum Gasteiger partial charge on any atom is 0.341 e. The highest BCUT2D eigenvalue weighted by Crippen LogP contribution is 2.20. The Morgan fingerprint density at radius 1 is 1.29 bits per heavy atom. The van der Waals surface area contributed by atoms with E-state index in [0.29, 0.717) is 12.2 Å². The van der Waals surface area contributed by atoms with Gasteiger partial charge >= 0.3 is 5.76 Å². The fourth-order valence-electron chi connectivity index (χ4n) is 1.83. The summed E-state index contributed by atoms with van der Waals surface area (Å²) < 4.78 is 49.2. The van der Waals surface area contributed by atoms with Gasteiger partial charge in [0.2, 0.25) is 9.84 Å². The lowest BCUT2D eigenvalue weighted by Gasteiger charge is -2.08. The van der Waals surface area contributed by atoms with E-state index >= 15 is 0 Å². The van der Waals surface area contributed by atoms with Gasteiger partial charge in [-0.15, -0.1) is 0 Å². The zero-order valence-electron chi connectivity index (χ0n) is 11.3. The third-order valence-corrected chi connectivity index (χ3v) is 4.44. The van der Waals surface area contributed by atoms with Crippen molar-refractivity contribution < 1.29 is 17.2 Å². The fourth-order valence-corrected chi connectivity index (χ4v) is 2.55. The summed E-state index contributed by atoms with van der Waals surface area (Å²) in [5.74, 6) is -3.40. The zero-order valence-corrected chi connectivity index (χ0v) is 12.1. The van der Waals surface area contributed by atoms with Gasteiger partial charge in [0.1, 0.15) is 0 Å². The van der Waals surface area contributed by atoms with Crippen LogP contribution in [-0.2, 0) is 23.3 Å². The van der Waals surface area contributed by atoms with Gasteiger partial charge in [-0.3, -0.25) is 0 Å². The molecule has 1 heterocycles. The fraction of sp³-hybridized carbons (Fsp3) is 0.308. The average molecular weight is 315 g/mol. The van der Waals surface area contributed by atoms with Gasteiger partial charge in [-0.1, -0.05) is 0 Å². The van der Waals surface area contributed by atoms with Crippen molar-refractivity contribution >= 4 is 15.5 Å². The SMILES string of the molecule is Cn1cncc1CCNc1ccc(S(=O)(=O)C(F)F)cc1. The van der Waals surface area contributed by atoms with E-state index in [-0.39, 0.29) is 4.90 Å². The first kappa shape index (κ1) is 15.4. The molecule has 1 N–H and O–H groups in total. The molecular weight excluding hydrogens is 300 g/mol. The van der Waals surface area contributed by atoms with E-state index in [0.717, 1.165) is 12.1 Å². The van der Waals surface area contributed by atoms with Crippen molar-refractivity contribution in [3.63, 3.8) is 0 Å². The molecule has 0 saturated heterocycles. The van der Waals surface area contributed by atoms with Crippen LogP contribution in [0.4, 0.5) is 14.5 Å². The lowest BCUT2D eigenvalue weighted by atomic mass is 10.3. The van der Waals surface area contributed by atoms with Crippen molar-refractivity contribution in [1.82, 2.24) is 9.55 Å². The van der Waals surface area contributed by atoms with Gasteiger partial charge in [-0.25, -0.2) is 13.4 Å². The molecule has 21 heavy (non-hydrogen) atoms. The summed E-state index contributed by atoms with van der Waals surface area (Å²) >= 11 is 0. The molecule has 114 valence electrons. The standard InChI is InChI=1S/C13H15F2N3O2S/c1-18-9-16-8-11(18)6-7-17-10-2-4-12(5-3-10)21(19,20)13(14)15/h2-5,8-9,13,17H,6-7H2,1H3. The van der Waals surface area contributed by atoms with E-state index in [2.05, 4.69) is 10.3 Å². The van der Waals surface area contributed by atoms with E-state index in [1.807, 2.05) is 11.6 Å². The Labute approximate surface area is 121 Å². The van der Waals surface area contributed by atoms with Gasteiger partial charge in [-0.2, -0.15) is 8.78 Å². The van der Waals surface area contributed by atoms with E-state index < -0.39 is 15.6 Å². The predicted octanol–water partition coefficient (Wildman–Crippen LogP) is 2.07. The number of alkyl halides is 2. The minimum absolute atomic E-state index is 0.380. The maximum atomic E-state index is 12.4. The molecule has 0 aliphatic heterocycles. The molecule has 0 fully saturated rings. The second-order valence-corrected chi connectivity index (χ2v) is 6.42. The van der Waals surface area contributed by atoms with E-state index in [4.69, 9.17) is 0 Å². The smallest absolute Gasteiger partial charge is 0.341 e. The molecule has 1 aromatic carbocycles. The highest BCUT2D eigenvalue weighted by molar-refractivity contribution is 7.91. The summed E-state index contributed by atoms with van der Waals surface area (Å²) in [5.41, 5.74) is 1.73. The molecule has 0 spiro atoms. The van der Waals surface area contributed by atoms with Gasteiger partial charge in [0.15, 0.2) is 0 Å². The van der Waals surface area contributed by atoms with Crippen molar-refractivity contribution in [2.75, 3.05) is 11.9 Å². The number of anilines is 1. The first-order chi connectivity index (χ1) is 9.91. The Bertz CT molecular complexity index is 696. The average Bonchev–Trinajstić information content (AvgIpc) is 2.85. The van der Waals surface area contributed by atoms with Crippen LogP contribution in [0.5, 0.6) is 0 Å². The number of hydrogen-bond acceptors (Lipinski definition) is 4. The number of imidazole rings is 1. The van der Waals surface area contributed by atoms with Crippen molar-refractivity contribution in [2.24, 2.45) is 7.05 Å².